The van der Waals surface area contributed by atoms with E-state index in [9.17, 15) is 4.79 Å². The maximum absolute atomic E-state index is 12.0. The first-order valence-corrected chi connectivity index (χ1v) is 7.73. The average molecular weight is 310 g/mol. The van der Waals surface area contributed by atoms with Crippen LogP contribution < -0.4 is 10.2 Å². The average Bonchev–Trinajstić information content (AvgIpc) is 2.57. The van der Waals surface area contributed by atoms with Crippen molar-refractivity contribution in [3.8, 4) is 5.75 Å². The van der Waals surface area contributed by atoms with Crippen molar-refractivity contribution in [2.75, 3.05) is 0 Å². The summed E-state index contributed by atoms with van der Waals surface area (Å²) >= 11 is 0. The Morgan fingerprint density at radius 3 is 2.43 bits per heavy atom. The van der Waals surface area contributed by atoms with Gasteiger partial charge in [0.25, 0.3) is 5.91 Å². The molecule has 2 aromatic rings. The number of hydrogen-bond donors (Lipinski definition) is 1. The first-order chi connectivity index (χ1) is 11.1. The maximum atomic E-state index is 12.0. The summed E-state index contributed by atoms with van der Waals surface area (Å²) in [5, 5.41) is 3.97. The van der Waals surface area contributed by atoms with Crippen molar-refractivity contribution in [2.24, 2.45) is 5.10 Å². The predicted molar refractivity (Wildman–Crippen MR) is 92.8 cm³/mol. The van der Waals surface area contributed by atoms with Crippen molar-refractivity contribution in [3.05, 3.63) is 65.2 Å². The van der Waals surface area contributed by atoms with Gasteiger partial charge < -0.3 is 4.74 Å². The Morgan fingerprint density at radius 2 is 1.83 bits per heavy atom. The van der Waals surface area contributed by atoms with Crippen LogP contribution in [0.1, 0.15) is 30.5 Å². The van der Waals surface area contributed by atoms with Crippen LogP contribution in [0.15, 0.2) is 53.6 Å². The standard InChI is InChI=1S/C19H22N2O2/c1-4-16-7-9-17(10-8-16)13-20-21-19(22)15(3)23-18-11-5-14(2)6-12-18/h5-13,15H,4H2,1-3H3,(H,21,22)/t15-/m1/s1. The Bertz CT molecular complexity index is 661. The van der Waals surface area contributed by atoms with Gasteiger partial charge in [0.2, 0.25) is 0 Å². The lowest BCUT2D eigenvalue weighted by Gasteiger charge is -2.12. The Morgan fingerprint density at radius 1 is 1.17 bits per heavy atom. The van der Waals surface area contributed by atoms with Crippen LogP contribution >= 0.6 is 0 Å². The van der Waals surface area contributed by atoms with Crippen molar-refractivity contribution in [2.45, 2.75) is 33.3 Å². The molecule has 4 heteroatoms. The predicted octanol–water partition coefficient (Wildman–Crippen LogP) is 3.48. The molecule has 0 radical (unpaired) electrons. The summed E-state index contributed by atoms with van der Waals surface area (Å²) in [7, 11) is 0. The van der Waals surface area contributed by atoms with Crippen molar-refractivity contribution < 1.29 is 9.53 Å². The molecule has 120 valence electrons. The molecule has 0 bridgehead atoms. The zero-order valence-corrected chi connectivity index (χ0v) is 13.7. The van der Waals surface area contributed by atoms with E-state index in [0.717, 1.165) is 17.5 Å². The molecule has 0 aliphatic carbocycles. The molecule has 4 nitrogen and oxygen atoms in total. The summed E-state index contributed by atoms with van der Waals surface area (Å²) in [6, 6.07) is 15.6. The lowest BCUT2D eigenvalue weighted by Crippen LogP contribution is -2.33. The van der Waals surface area contributed by atoms with Gasteiger partial charge in [0.15, 0.2) is 6.10 Å². The highest BCUT2D eigenvalue weighted by Crippen LogP contribution is 2.13. The highest BCUT2D eigenvalue weighted by Gasteiger charge is 2.13. The van der Waals surface area contributed by atoms with E-state index in [1.165, 1.54) is 5.56 Å². The second kappa shape index (κ2) is 8.13. The molecular weight excluding hydrogens is 288 g/mol. The van der Waals surface area contributed by atoms with Gasteiger partial charge in [0.1, 0.15) is 5.75 Å². The van der Waals surface area contributed by atoms with E-state index in [-0.39, 0.29) is 5.91 Å². The van der Waals surface area contributed by atoms with Gasteiger partial charge >= 0.3 is 0 Å². The van der Waals surface area contributed by atoms with Crippen LogP contribution in [-0.4, -0.2) is 18.2 Å². The number of nitrogens with one attached hydrogen (secondary N) is 1. The van der Waals surface area contributed by atoms with Crippen LogP contribution in [0.4, 0.5) is 0 Å². The molecule has 0 aromatic heterocycles. The molecule has 2 rings (SSSR count). The van der Waals surface area contributed by atoms with Crippen LogP contribution in [0, 0.1) is 6.92 Å². The number of hydrazone groups is 1. The van der Waals surface area contributed by atoms with E-state index >= 15 is 0 Å². The van der Waals surface area contributed by atoms with E-state index in [0.29, 0.717) is 5.75 Å². The number of aryl methyl sites for hydroxylation is 2. The quantitative estimate of drug-likeness (QED) is 0.656. The zero-order valence-electron chi connectivity index (χ0n) is 13.7. The summed E-state index contributed by atoms with van der Waals surface area (Å²) in [4.78, 5) is 12.0. The minimum absolute atomic E-state index is 0.285. The number of hydrogen-bond acceptors (Lipinski definition) is 3. The summed E-state index contributed by atoms with van der Waals surface area (Å²) < 4.78 is 5.58. The van der Waals surface area contributed by atoms with Gasteiger partial charge in [0.05, 0.1) is 6.21 Å². The van der Waals surface area contributed by atoms with E-state index in [2.05, 4.69) is 17.5 Å². The molecule has 0 fully saturated rings. The first kappa shape index (κ1) is 16.7. The SMILES string of the molecule is CCc1ccc(C=NNC(=O)[C@@H](C)Oc2ccc(C)cc2)cc1. The number of nitrogens with zero attached hydrogens (tertiary/aromatic N) is 1. The summed E-state index contributed by atoms with van der Waals surface area (Å²) in [6.45, 7) is 5.81. The fourth-order valence-corrected chi connectivity index (χ4v) is 1.98. The van der Waals surface area contributed by atoms with Crippen LogP contribution in [0.5, 0.6) is 5.75 Å². The fourth-order valence-electron chi connectivity index (χ4n) is 1.98. The Hall–Kier alpha value is -2.62. The number of rotatable bonds is 6. The minimum atomic E-state index is -0.614. The van der Waals surface area contributed by atoms with E-state index in [4.69, 9.17) is 4.74 Å². The van der Waals surface area contributed by atoms with Crippen LogP contribution in [-0.2, 0) is 11.2 Å². The first-order valence-electron chi connectivity index (χ1n) is 7.73. The largest absolute Gasteiger partial charge is 0.481 e. The second-order valence-corrected chi connectivity index (χ2v) is 5.40. The third-order valence-electron chi connectivity index (χ3n) is 3.48. The molecule has 1 atom stereocenters. The number of ether oxygens (including phenoxy) is 1. The molecule has 1 amide bonds. The third-order valence-corrected chi connectivity index (χ3v) is 3.48. The topological polar surface area (TPSA) is 50.7 Å². The number of carbonyl (C=O) groups excluding carboxylic acids is 1. The smallest absolute Gasteiger partial charge is 0.280 e. The fraction of sp³-hybridized carbons (Fsp3) is 0.263. The Labute approximate surface area is 137 Å². The summed E-state index contributed by atoms with van der Waals surface area (Å²) in [5.74, 6) is 0.379. The molecule has 0 saturated carbocycles. The van der Waals surface area contributed by atoms with E-state index < -0.39 is 6.10 Å². The summed E-state index contributed by atoms with van der Waals surface area (Å²) in [5.41, 5.74) is 5.85. The zero-order chi connectivity index (χ0) is 16.7. The van der Waals surface area contributed by atoms with Crippen LogP contribution in [0.3, 0.4) is 0 Å². The lowest BCUT2D eigenvalue weighted by molar-refractivity contribution is -0.127. The van der Waals surface area contributed by atoms with E-state index in [1.807, 2.05) is 55.5 Å². The van der Waals surface area contributed by atoms with Gasteiger partial charge in [-0.1, -0.05) is 48.9 Å². The van der Waals surface area contributed by atoms with Crippen LogP contribution in [0.25, 0.3) is 0 Å². The number of carbonyl (C=O) groups is 1. The minimum Gasteiger partial charge on any atom is -0.481 e. The molecule has 0 unspecified atom stereocenters. The molecular formula is C19H22N2O2. The van der Waals surface area contributed by atoms with Gasteiger partial charge in [-0.2, -0.15) is 5.10 Å². The van der Waals surface area contributed by atoms with Gasteiger partial charge in [-0.15, -0.1) is 0 Å². The highest BCUT2D eigenvalue weighted by molar-refractivity contribution is 5.84. The van der Waals surface area contributed by atoms with Crippen molar-refractivity contribution in [1.82, 2.24) is 5.43 Å². The molecule has 2 aromatic carbocycles. The monoisotopic (exact) mass is 310 g/mol. The highest BCUT2D eigenvalue weighted by atomic mass is 16.5. The van der Waals surface area contributed by atoms with Gasteiger partial charge in [0, 0.05) is 0 Å². The third kappa shape index (κ3) is 5.25. The molecule has 23 heavy (non-hydrogen) atoms. The van der Waals surface area contributed by atoms with Gasteiger partial charge in [-0.05, 0) is 43.5 Å². The second-order valence-electron chi connectivity index (χ2n) is 5.40. The normalized spacial score (nSPS) is 12.1. The molecule has 0 spiro atoms. The van der Waals surface area contributed by atoms with Crippen molar-refractivity contribution in [1.29, 1.82) is 0 Å². The van der Waals surface area contributed by atoms with Crippen molar-refractivity contribution in [3.63, 3.8) is 0 Å². The Balaban J connectivity index is 1.85. The van der Waals surface area contributed by atoms with Crippen LogP contribution in [0.2, 0.25) is 0 Å². The lowest BCUT2D eigenvalue weighted by atomic mass is 10.1. The number of benzene rings is 2. The van der Waals surface area contributed by atoms with E-state index in [1.54, 1.807) is 13.1 Å². The molecule has 0 saturated heterocycles. The summed E-state index contributed by atoms with van der Waals surface area (Å²) in [6.07, 6.45) is 2.01. The Kier molecular flexibility index (Phi) is 5.92. The van der Waals surface area contributed by atoms with Gasteiger partial charge in [-0.3, -0.25) is 4.79 Å². The molecule has 0 heterocycles. The van der Waals surface area contributed by atoms with Gasteiger partial charge in [-0.25, -0.2) is 5.43 Å². The molecule has 0 aliphatic heterocycles. The maximum Gasteiger partial charge on any atom is 0.280 e. The molecule has 1 N–H and O–H groups in total. The molecule has 0 aliphatic rings. The number of amides is 1. The van der Waals surface area contributed by atoms with Crippen molar-refractivity contribution >= 4 is 12.1 Å².